The summed E-state index contributed by atoms with van der Waals surface area (Å²) < 4.78 is 28.6. The average molecular weight is 411 g/mol. The molecule has 2 N–H and O–H groups in total. The van der Waals surface area contributed by atoms with Crippen molar-refractivity contribution in [3.8, 4) is 5.69 Å². The van der Waals surface area contributed by atoms with Crippen LogP contribution in [0.15, 0.2) is 18.2 Å². The Morgan fingerprint density at radius 1 is 1.25 bits per heavy atom. The first-order chi connectivity index (χ1) is 13.0. The Kier molecular flexibility index (Phi) is 6.05. The minimum Gasteiger partial charge on any atom is -0.337 e. The summed E-state index contributed by atoms with van der Waals surface area (Å²) in [6.07, 6.45) is 4.45. The highest BCUT2D eigenvalue weighted by Gasteiger charge is 2.32. The first kappa shape index (κ1) is 20.7. The van der Waals surface area contributed by atoms with Crippen molar-refractivity contribution >= 4 is 18.3 Å². The van der Waals surface area contributed by atoms with Crippen LogP contribution in [0, 0.1) is 17.6 Å². The van der Waals surface area contributed by atoms with Gasteiger partial charge in [-0.3, -0.25) is 4.79 Å². The summed E-state index contributed by atoms with van der Waals surface area (Å²) in [6, 6.07) is 3.76. The maximum absolute atomic E-state index is 13.7. The van der Waals surface area contributed by atoms with Gasteiger partial charge < -0.3 is 10.6 Å². The highest BCUT2D eigenvalue weighted by atomic mass is 35.5. The van der Waals surface area contributed by atoms with Gasteiger partial charge in [-0.1, -0.05) is 0 Å². The van der Waals surface area contributed by atoms with Crippen LogP contribution in [0.2, 0.25) is 0 Å². The van der Waals surface area contributed by atoms with Gasteiger partial charge in [0.1, 0.15) is 0 Å². The number of rotatable bonds is 3. The quantitative estimate of drug-likeness (QED) is 0.844. The number of halogens is 3. The molecule has 2 heterocycles. The second-order valence-electron chi connectivity index (χ2n) is 7.65. The van der Waals surface area contributed by atoms with Crippen LogP contribution in [0.4, 0.5) is 8.78 Å². The Morgan fingerprint density at radius 2 is 2.04 bits per heavy atom. The lowest BCUT2D eigenvalue weighted by Gasteiger charge is -2.34. The molecule has 5 nitrogen and oxygen atoms in total. The summed E-state index contributed by atoms with van der Waals surface area (Å²) in [7, 11) is 0. The molecule has 0 spiro atoms. The van der Waals surface area contributed by atoms with Crippen molar-refractivity contribution in [2.45, 2.75) is 45.1 Å². The predicted molar refractivity (Wildman–Crippen MR) is 105 cm³/mol. The molecule has 2 atom stereocenters. The third-order valence-electron chi connectivity index (χ3n) is 5.77. The largest absolute Gasteiger partial charge is 0.337 e. The lowest BCUT2D eigenvalue weighted by atomic mass is 9.92. The van der Waals surface area contributed by atoms with Crippen molar-refractivity contribution in [2.24, 2.45) is 11.7 Å². The van der Waals surface area contributed by atoms with Crippen LogP contribution in [-0.4, -0.2) is 39.7 Å². The maximum atomic E-state index is 13.7. The van der Waals surface area contributed by atoms with E-state index in [1.165, 1.54) is 6.07 Å². The minimum atomic E-state index is -0.918. The molecule has 4 rings (SSSR count). The summed E-state index contributed by atoms with van der Waals surface area (Å²) in [5.41, 5.74) is 8.79. The third kappa shape index (κ3) is 3.65. The topological polar surface area (TPSA) is 64.2 Å². The standard InChI is InChI=1S/C20H24F2N4O.ClH/c1-12(23)13-4-3-9-25(11-13)20(27)19-15-5-2-6-18(15)26(24-19)14-7-8-16(21)17(22)10-14;/h7-8,10,12-13H,2-6,9,11,23H2,1H3;1H. The van der Waals surface area contributed by atoms with Crippen LogP contribution in [0.5, 0.6) is 0 Å². The number of carbonyl (C=O) groups excluding carboxylic acids is 1. The molecule has 1 aliphatic carbocycles. The monoisotopic (exact) mass is 410 g/mol. The number of piperidine rings is 1. The van der Waals surface area contributed by atoms with Crippen molar-refractivity contribution in [1.82, 2.24) is 14.7 Å². The van der Waals surface area contributed by atoms with Crippen LogP contribution in [0.25, 0.3) is 5.69 Å². The molecule has 0 radical (unpaired) electrons. The lowest BCUT2D eigenvalue weighted by molar-refractivity contribution is 0.0653. The Bertz CT molecular complexity index is 883. The maximum Gasteiger partial charge on any atom is 0.274 e. The van der Waals surface area contributed by atoms with E-state index in [9.17, 15) is 13.6 Å². The molecule has 1 aliphatic heterocycles. The van der Waals surface area contributed by atoms with Crippen LogP contribution in [0.1, 0.15) is 47.9 Å². The molecular formula is C20H25ClF2N4O. The molecule has 8 heteroatoms. The fraction of sp³-hybridized carbons (Fsp3) is 0.500. The van der Waals surface area contributed by atoms with E-state index in [1.807, 2.05) is 11.8 Å². The molecule has 1 saturated heterocycles. The van der Waals surface area contributed by atoms with Gasteiger partial charge in [-0.15, -0.1) is 12.4 Å². The first-order valence-electron chi connectivity index (χ1n) is 9.56. The van der Waals surface area contributed by atoms with Crippen molar-refractivity contribution in [2.75, 3.05) is 13.1 Å². The molecule has 1 fully saturated rings. The van der Waals surface area contributed by atoms with E-state index in [0.717, 1.165) is 55.5 Å². The number of hydrogen-bond acceptors (Lipinski definition) is 3. The average Bonchev–Trinajstić information content (AvgIpc) is 3.26. The molecule has 0 saturated carbocycles. The first-order valence-corrected chi connectivity index (χ1v) is 9.56. The van der Waals surface area contributed by atoms with Gasteiger partial charge in [0.25, 0.3) is 5.91 Å². The number of hydrogen-bond donors (Lipinski definition) is 1. The normalized spacial score (nSPS) is 19.9. The van der Waals surface area contributed by atoms with Crippen molar-refractivity contribution in [3.05, 3.63) is 46.8 Å². The van der Waals surface area contributed by atoms with Gasteiger partial charge in [-0.25, -0.2) is 13.5 Å². The lowest BCUT2D eigenvalue weighted by Crippen LogP contribution is -2.45. The second kappa shape index (κ2) is 8.17. The molecule has 152 valence electrons. The zero-order chi connectivity index (χ0) is 19.1. The number of benzene rings is 1. The predicted octanol–water partition coefficient (Wildman–Crippen LogP) is 3.26. The molecule has 1 aromatic heterocycles. The van der Waals surface area contributed by atoms with Crippen molar-refractivity contribution < 1.29 is 13.6 Å². The molecular weight excluding hydrogens is 386 g/mol. The van der Waals surface area contributed by atoms with Crippen LogP contribution < -0.4 is 5.73 Å². The molecule has 28 heavy (non-hydrogen) atoms. The van der Waals surface area contributed by atoms with Gasteiger partial charge in [0.05, 0.1) is 5.69 Å². The summed E-state index contributed by atoms with van der Waals surface area (Å²) in [6.45, 7) is 3.33. The summed E-state index contributed by atoms with van der Waals surface area (Å²) >= 11 is 0. The summed E-state index contributed by atoms with van der Waals surface area (Å²) in [5, 5.41) is 4.52. The Labute approximate surface area is 169 Å². The van der Waals surface area contributed by atoms with Crippen LogP contribution >= 0.6 is 12.4 Å². The Morgan fingerprint density at radius 3 is 2.75 bits per heavy atom. The third-order valence-corrected chi connectivity index (χ3v) is 5.77. The molecule has 2 unspecified atom stereocenters. The molecule has 0 bridgehead atoms. The zero-order valence-corrected chi connectivity index (χ0v) is 16.6. The van der Waals surface area contributed by atoms with Crippen molar-refractivity contribution in [3.63, 3.8) is 0 Å². The second-order valence-corrected chi connectivity index (χ2v) is 7.65. The number of amides is 1. The van der Waals surface area contributed by atoms with Crippen LogP contribution in [0.3, 0.4) is 0 Å². The van der Waals surface area contributed by atoms with Crippen LogP contribution in [-0.2, 0) is 12.8 Å². The van der Waals surface area contributed by atoms with E-state index in [-0.39, 0.29) is 24.4 Å². The number of carbonyl (C=O) groups is 1. The van der Waals surface area contributed by atoms with E-state index < -0.39 is 11.6 Å². The Hall–Kier alpha value is -1.99. The highest BCUT2D eigenvalue weighted by Crippen LogP contribution is 2.30. The van der Waals surface area contributed by atoms with Gasteiger partial charge in [-0.05, 0) is 57.1 Å². The van der Waals surface area contributed by atoms with E-state index in [4.69, 9.17) is 5.73 Å². The fourth-order valence-corrected chi connectivity index (χ4v) is 4.21. The van der Waals surface area contributed by atoms with Gasteiger partial charge in [-0.2, -0.15) is 5.10 Å². The van der Waals surface area contributed by atoms with E-state index >= 15 is 0 Å². The molecule has 1 amide bonds. The van der Waals surface area contributed by atoms with Gasteiger partial charge >= 0.3 is 0 Å². The summed E-state index contributed by atoms with van der Waals surface area (Å²) in [5.74, 6) is -1.60. The number of nitrogens with two attached hydrogens (primary N) is 1. The number of aromatic nitrogens is 2. The number of fused-ring (bicyclic) bond motifs is 1. The summed E-state index contributed by atoms with van der Waals surface area (Å²) in [4.78, 5) is 15.0. The number of likely N-dealkylation sites (tertiary alicyclic amines) is 1. The van der Waals surface area contributed by atoms with E-state index in [1.54, 1.807) is 4.68 Å². The Balaban J connectivity index is 0.00000225. The van der Waals surface area contributed by atoms with Gasteiger partial charge in [0, 0.05) is 36.5 Å². The van der Waals surface area contributed by atoms with Gasteiger partial charge in [0.15, 0.2) is 17.3 Å². The highest BCUT2D eigenvalue weighted by molar-refractivity contribution is 5.94. The van der Waals surface area contributed by atoms with Crippen molar-refractivity contribution in [1.29, 1.82) is 0 Å². The van der Waals surface area contributed by atoms with Gasteiger partial charge in [0.2, 0.25) is 0 Å². The molecule has 2 aliphatic rings. The SMILES string of the molecule is CC(N)C1CCCN(C(=O)c2nn(-c3ccc(F)c(F)c3)c3c2CCC3)C1.Cl. The minimum absolute atomic E-state index is 0. The zero-order valence-electron chi connectivity index (χ0n) is 15.8. The number of nitrogens with zero attached hydrogens (tertiary/aromatic N) is 3. The molecule has 1 aromatic carbocycles. The van der Waals surface area contributed by atoms with E-state index in [0.29, 0.717) is 30.4 Å². The fourth-order valence-electron chi connectivity index (χ4n) is 4.21. The van der Waals surface area contributed by atoms with E-state index in [2.05, 4.69) is 5.10 Å². The smallest absolute Gasteiger partial charge is 0.274 e. The molecule has 2 aromatic rings.